The fourth-order valence-corrected chi connectivity index (χ4v) is 3.87. The molecule has 1 unspecified atom stereocenters. The van der Waals surface area contributed by atoms with Gasteiger partial charge in [-0.15, -0.1) is 0 Å². The Kier molecular flexibility index (Phi) is 5.73. The van der Waals surface area contributed by atoms with Crippen LogP contribution in [0.3, 0.4) is 0 Å². The van der Waals surface area contributed by atoms with Crippen LogP contribution in [-0.2, 0) is 4.79 Å². The number of nitrogens with two attached hydrogens (primary N) is 2. The lowest BCUT2D eigenvalue weighted by atomic mass is 9.95. The van der Waals surface area contributed by atoms with Gasteiger partial charge >= 0.3 is 0 Å². The zero-order valence-electron chi connectivity index (χ0n) is 15.9. The fourth-order valence-electron chi connectivity index (χ4n) is 3.87. The molecule has 1 aliphatic rings. The molecule has 1 saturated carbocycles. The van der Waals surface area contributed by atoms with Gasteiger partial charge in [-0.25, -0.2) is 9.97 Å². The van der Waals surface area contributed by atoms with Crippen LogP contribution in [0.2, 0.25) is 0 Å². The lowest BCUT2D eigenvalue weighted by molar-refractivity contribution is -0.119. The minimum absolute atomic E-state index is 0.0559. The lowest BCUT2D eigenvalue weighted by Crippen LogP contribution is -2.25. The number of nitrogens with zero attached hydrogens (tertiary/aromatic N) is 4. The molecule has 0 aliphatic heterocycles. The summed E-state index contributed by atoms with van der Waals surface area (Å²) >= 11 is 0. The molecular formula is C19H27N7O. The van der Waals surface area contributed by atoms with Crippen LogP contribution in [-0.4, -0.2) is 30.6 Å². The van der Waals surface area contributed by atoms with E-state index < -0.39 is 0 Å². The zero-order valence-corrected chi connectivity index (χ0v) is 15.9. The van der Waals surface area contributed by atoms with Gasteiger partial charge in [0.25, 0.3) is 0 Å². The highest BCUT2D eigenvalue weighted by atomic mass is 16.1. The maximum absolute atomic E-state index is 11.6. The SMILES string of the molecule is CC.NC(=O)CC(C1CCCC1)n1cc(-c2ncnc3[nH]ccc23)c(N)n1. The van der Waals surface area contributed by atoms with E-state index in [9.17, 15) is 4.79 Å². The van der Waals surface area contributed by atoms with Crippen molar-refractivity contribution in [2.45, 2.75) is 52.0 Å². The summed E-state index contributed by atoms with van der Waals surface area (Å²) in [5.41, 5.74) is 13.9. The highest BCUT2D eigenvalue weighted by molar-refractivity contribution is 5.92. The third-order valence-corrected chi connectivity index (χ3v) is 5.06. The molecule has 8 heteroatoms. The van der Waals surface area contributed by atoms with Crippen molar-refractivity contribution in [3.8, 4) is 11.3 Å². The van der Waals surface area contributed by atoms with Crippen LogP contribution < -0.4 is 11.5 Å². The van der Waals surface area contributed by atoms with E-state index in [-0.39, 0.29) is 18.4 Å². The number of carbonyl (C=O) groups excluding carboxylic acids is 1. The van der Waals surface area contributed by atoms with Crippen LogP contribution >= 0.6 is 0 Å². The van der Waals surface area contributed by atoms with Gasteiger partial charge in [0, 0.05) is 24.2 Å². The topological polar surface area (TPSA) is 128 Å². The van der Waals surface area contributed by atoms with Crippen molar-refractivity contribution >= 4 is 22.8 Å². The van der Waals surface area contributed by atoms with Gasteiger partial charge in [-0.2, -0.15) is 5.10 Å². The molecule has 0 spiro atoms. The molecule has 144 valence electrons. The number of aromatic nitrogens is 5. The summed E-state index contributed by atoms with van der Waals surface area (Å²) in [5, 5.41) is 5.38. The number of hydrogen-bond donors (Lipinski definition) is 3. The minimum Gasteiger partial charge on any atom is -0.382 e. The van der Waals surface area contributed by atoms with Gasteiger partial charge in [0.2, 0.25) is 5.91 Å². The van der Waals surface area contributed by atoms with Crippen molar-refractivity contribution in [3.63, 3.8) is 0 Å². The Morgan fingerprint density at radius 3 is 2.78 bits per heavy atom. The predicted molar refractivity (Wildman–Crippen MR) is 106 cm³/mol. The summed E-state index contributed by atoms with van der Waals surface area (Å²) in [5.74, 6) is 0.480. The number of rotatable bonds is 5. The van der Waals surface area contributed by atoms with Gasteiger partial charge in [-0.3, -0.25) is 9.48 Å². The second-order valence-electron chi connectivity index (χ2n) is 6.65. The Labute approximate surface area is 158 Å². The zero-order chi connectivity index (χ0) is 19.4. The second kappa shape index (κ2) is 8.20. The summed E-state index contributed by atoms with van der Waals surface area (Å²) in [6, 6.07) is 1.86. The number of nitrogen functional groups attached to an aromatic ring is 1. The number of nitrogens with one attached hydrogen (secondary N) is 1. The van der Waals surface area contributed by atoms with Crippen LogP contribution in [0.5, 0.6) is 0 Å². The Morgan fingerprint density at radius 1 is 1.33 bits per heavy atom. The number of anilines is 1. The van der Waals surface area contributed by atoms with Crippen molar-refractivity contribution < 1.29 is 4.79 Å². The van der Waals surface area contributed by atoms with E-state index in [1.165, 1.54) is 19.2 Å². The molecule has 3 heterocycles. The molecule has 3 aromatic rings. The highest BCUT2D eigenvalue weighted by Gasteiger charge is 2.29. The number of hydrogen-bond acceptors (Lipinski definition) is 5. The molecule has 27 heavy (non-hydrogen) atoms. The van der Waals surface area contributed by atoms with Crippen molar-refractivity contribution in [2.75, 3.05) is 5.73 Å². The molecule has 5 N–H and O–H groups in total. The van der Waals surface area contributed by atoms with Crippen LogP contribution in [0.4, 0.5) is 5.82 Å². The quantitative estimate of drug-likeness (QED) is 0.636. The molecule has 0 radical (unpaired) electrons. The summed E-state index contributed by atoms with van der Waals surface area (Å²) in [6.07, 6.45) is 10.0. The summed E-state index contributed by atoms with van der Waals surface area (Å²) in [7, 11) is 0. The van der Waals surface area contributed by atoms with Gasteiger partial charge < -0.3 is 16.5 Å². The molecule has 8 nitrogen and oxygen atoms in total. The van der Waals surface area contributed by atoms with Crippen LogP contribution in [0.1, 0.15) is 52.0 Å². The maximum Gasteiger partial charge on any atom is 0.219 e. The van der Waals surface area contributed by atoms with E-state index in [1.54, 1.807) is 0 Å². The minimum atomic E-state index is -0.317. The van der Waals surface area contributed by atoms with E-state index in [4.69, 9.17) is 11.5 Å². The van der Waals surface area contributed by atoms with Crippen LogP contribution in [0.25, 0.3) is 22.3 Å². The van der Waals surface area contributed by atoms with E-state index in [0.29, 0.717) is 11.7 Å². The average Bonchev–Trinajstić information content (AvgIpc) is 3.41. The number of fused-ring (bicyclic) bond motifs is 1. The van der Waals surface area contributed by atoms with Crippen molar-refractivity contribution in [2.24, 2.45) is 11.7 Å². The van der Waals surface area contributed by atoms with Crippen molar-refractivity contribution in [1.29, 1.82) is 0 Å². The summed E-state index contributed by atoms with van der Waals surface area (Å²) < 4.78 is 1.81. The number of H-pyrrole nitrogens is 1. The van der Waals surface area contributed by atoms with E-state index in [0.717, 1.165) is 35.1 Å². The Morgan fingerprint density at radius 2 is 2.07 bits per heavy atom. The van der Waals surface area contributed by atoms with E-state index in [1.807, 2.05) is 37.0 Å². The molecule has 4 rings (SSSR count). The monoisotopic (exact) mass is 369 g/mol. The van der Waals surface area contributed by atoms with Gasteiger partial charge in [0.15, 0.2) is 5.82 Å². The second-order valence-corrected chi connectivity index (χ2v) is 6.65. The molecular weight excluding hydrogens is 342 g/mol. The van der Waals surface area contributed by atoms with Crippen molar-refractivity contribution in [3.05, 3.63) is 24.8 Å². The van der Waals surface area contributed by atoms with Gasteiger partial charge in [-0.1, -0.05) is 26.7 Å². The molecule has 0 aromatic carbocycles. The Bertz CT molecular complexity index is 908. The Balaban J connectivity index is 0.00000102. The lowest BCUT2D eigenvalue weighted by Gasteiger charge is -2.22. The summed E-state index contributed by atoms with van der Waals surface area (Å²) in [4.78, 5) is 23.2. The first-order valence-electron chi connectivity index (χ1n) is 9.55. The standard InChI is InChI=1S/C17H21N7O.C2H6/c18-14(25)7-13(10-3-1-2-4-10)24-8-12(16(19)23-24)15-11-5-6-20-17(11)22-9-21-15;1-2/h5-6,8-10,13H,1-4,7H2,(H2,18,25)(H2,19,23)(H,20,21,22);1-2H3. The molecule has 1 fully saturated rings. The molecule has 3 aromatic heterocycles. The largest absolute Gasteiger partial charge is 0.382 e. The summed E-state index contributed by atoms with van der Waals surface area (Å²) in [6.45, 7) is 4.00. The molecule has 1 amide bonds. The van der Waals surface area contributed by atoms with Gasteiger partial charge in [-0.05, 0) is 24.8 Å². The normalized spacial score (nSPS) is 15.5. The number of amides is 1. The first-order chi connectivity index (χ1) is 13.1. The molecule has 1 aliphatic carbocycles. The Hall–Kier alpha value is -2.90. The first kappa shape index (κ1) is 18.9. The maximum atomic E-state index is 11.6. The number of primary amides is 1. The van der Waals surface area contributed by atoms with Gasteiger partial charge in [0.1, 0.15) is 12.0 Å². The smallest absolute Gasteiger partial charge is 0.219 e. The van der Waals surface area contributed by atoms with Gasteiger partial charge in [0.05, 0.1) is 17.3 Å². The molecule has 1 atom stereocenters. The first-order valence-corrected chi connectivity index (χ1v) is 9.55. The average molecular weight is 369 g/mol. The number of aromatic amines is 1. The van der Waals surface area contributed by atoms with Crippen LogP contribution in [0.15, 0.2) is 24.8 Å². The van der Waals surface area contributed by atoms with E-state index >= 15 is 0 Å². The molecule has 0 saturated heterocycles. The van der Waals surface area contributed by atoms with E-state index in [2.05, 4.69) is 20.1 Å². The fraction of sp³-hybridized carbons (Fsp3) is 0.474. The van der Waals surface area contributed by atoms with Crippen LogP contribution in [0, 0.1) is 5.92 Å². The predicted octanol–water partition coefficient (Wildman–Crippen LogP) is 3.04. The molecule has 0 bridgehead atoms. The number of carbonyl (C=O) groups is 1. The van der Waals surface area contributed by atoms with Crippen molar-refractivity contribution in [1.82, 2.24) is 24.7 Å². The highest BCUT2D eigenvalue weighted by Crippen LogP contribution is 2.38. The third kappa shape index (κ3) is 3.79. The third-order valence-electron chi connectivity index (χ3n) is 5.06.